The number of fused-ring (bicyclic) bond motifs is 6. The lowest BCUT2D eigenvalue weighted by Gasteiger charge is -2.10. The second-order valence-electron chi connectivity index (χ2n) is 10.2. The van der Waals surface area contributed by atoms with Gasteiger partial charge in [-0.05, 0) is 71.8 Å². The average Bonchev–Trinajstić information content (AvgIpc) is 3.48. The Bertz CT molecular complexity index is 2060. The van der Waals surface area contributed by atoms with Gasteiger partial charge in [0.1, 0.15) is 11.5 Å². The molecule has 2 aromatic heterocycles. The number of aromatic hydroxyl groups is 2. The van der Waals surface area contributed by atoms with Crippen LogP contribution in [0.3, 0.4) is 0 Å². The van der Waals surface area contributed by atoms with Crippen molar-refractivity contribution >= 4 is 43.6 Å². The lowest BCUT2D eigenvalue weighted by atomic mass is 10.0. The molecule has 0 unspecified atom stereocenters. The van der Waals surface area contributed by atoms with Crippen LogP contribution in [0.25, 0.3) is 66.1 Å². The highest BCUT2D eigenvalue weighted by Gasteiger charge is 2.16. The molecule has 0 fully saturated rings. The maximum Gasteiger partial charge on any atom is 0.117 e. The summed E-state index contributed by atoms with van der Waals surface area (Å²) < 4.78 is 4.44. The third-order valence-electron chi connectivity index (χ3n) is 7.86. The highest BCUT2D eigenvalue weighted by molar-refractivity contribution is 6.12. The van der Waals surface area contributed by atoms with E-state index in [1.54, 1.807) is 12.1 Å². The highest BCUT2D eigenvalue weighted by atomic mass is 16.3. The Labute approximate surface area is 230 Å². The predicted molar refractivity (Wildman–Crippen MR) is 164 cm³/mol. The van der Waals surface area contributed by atoms with Gasteiger partial charge >= 0.3 is 0 Å². The Balaban J connectivity index is 1.41. The average molecular weight is 517 g/mol. The van der Waals surface area contributed by atoms with E-state index in [4.69, 9.17) is 0 Å². The normalized spacial score (nSPS) is 11.7. The van der Waals surface area contributed by atoms with E-state index in [2.05, 4.69) is 69.8 Å². The summed E-state index contributed by atoms with van der Waals surface area (Å²) in [5, 5.41) is 25.1. The predicted octanol–water partition coefficient (Wildman–Crippen LogP) is 8.96. The Kier molecular flexibility index (Phi) is 4.79. The number of rotatable bonds is 3. The topological polar surface area (TPSA) is 50.3 Å². The molecule has 190 valence electrons. The molecule has 0 saturated carbocycles. The van der Waals surface area contributed by atoms with Crippen molar-refractivity contribution in [2.75, 3.05) is 0 Å². The molecule has 2 N–H and O–H groups in total. The molecule has 0 aliphatic heterocycles. The van der Waals surface area contributed by atoms with Crippen LogP contribution in [0.2, 0.25) is 0 Å². The number of para-hydroxylation sites is 2. The van der Waals surface area contributed by atoms with Gasteiger partial charge in [-0.1, -0.05) is 60.7 Å². The zero-order valence-corrected chi connectivity index (χ0v) is 21.5. The van der Waals surface area contributed by atoms with Crippen molar-refractivity contribution in [1.29, 1.82) is 0 Å². The molecule has 0 bridgehead atoms. The first kappa shape index (κ1) is 22.5. The van der Waals surface area contributed by atoms with E-state index in [0.29, 0.717) is 0 Å². The van der Waals surface area contributed by atoms with Crippen LogP contribution >= 0.6 is 0 Å². The van der Waals surface area contributed by atoms with Gasteiger partial charge in [0.25, 0.3) is 0 Å². The zero-order chi connectivity index (χ0) is 26.8. The second-order valence-corrected chi connectivity index (χ2v) is 10.2. The molecule has 4 heteroatoms. The monoisotopic (exact) mass is 516 g/mol. The van der Waals surface area contributed by atoms with E-state index in [0.717, 1.165) is 66.1 Å². The summed E-state index contributed by atoms with van der Waals surface area (Å²) in [4.78, 5) is 0. The number of hydrogen-bond donors (Lipinski definition) is 2. The molecule has 0 saturated heterocycles. The highest BCUT2D eigenvalue weighted by Crippen LogP contribution is 2.39. The number of phenolic OH excluding ortho intramolecular Hbond substituents is 2. The van der Waals surface area contributed by atoms with Gasteiger partial charge in [-0.2, -0.15) is 0 Å². The lowest BCUT2D eigenvalue weighted by molar-refractivity contribution is 0.475. The Hall–Kier alpha value is -5.48. The molecule has 4 nitrogen and oxygen atoms in total. The summed E-state index contributed by atoms with van der Waals surface area (Å²) in [7, 11) is 0. The first-order valence-corrected chi connectivity index (χ1v) is 13.3. The van der Waals surface area contributed by atoms with Gasteiger partial charge < -0.3 is 19.3 Å². The SMILES string of the molecule is Oc1ccc2c3ccc(-c4ccc5c6ccc(O)cc6n(-c6ccccc6)c5c4)cc3n(-c3ccccc3)c2c1. The number of benzene rings is 6. The summed E-state index contributed by atoms with van der Waals surface area (Å²) in [6, 6.07) is 44.9. The van der Waals surface area contributed by atoms with Gasteiger partial charge in [0.15, 0.2) is 0 Å². The third-order valence-corrected chi connectivity index (χ3v) is 7.86. The van der Waals surface area contributed by atoms with Crippen LogP contribution in [0.4, 0.5) is 0 Å². The van der Waals surface area contributed by atoms with E-state index in [1.807, 2.05) is 60.7 Å². The fourth-order valence-electron chi connectivity index (χ4n) is 6.08. The van der Waals surface area contributed by atoms with Crippen LogP contribution in [0.1, 0.15) is 0 Å². The van der Waals surface area contributed by atoms with Crippen molar-refractivity contribution in [3.05, 3.63) is 133 Å². The standard InChI is InChI=1S/C36H24N2O2/c39-27-13-17-31-29-15-11-23(19-33(29)37(35(31)21-27)25-7-3-1-4-8-25)24-12-16-30-32-18-14-28(40)22-36(32)38(34(30)20-24)26-9-5-2-6-10-26/h1-22,39-40H. The van der Waals surface area contributed by atoms with E-state index in [-0.39, 0.29) is 11.5 Å². The number of aromatic nitrogens is 2. The Morgan fingerprint density at radius 1 is 0.350 bits per heavy atom. The molecular formula is C36H24N2O2. The molecule has 0 amide bonds. The van der Waals surface area contributed by atoms with Gasteiger partial charge in [0.2, 0.25) is 0 Å². The summed E-state index contributed by atoms with van der Waals surface area (Å²) in [6.45, 7) is 0. The van der Waals surface area contributed by atoms with Crippen molar-refractivity contribution in [2.45, 2.75) is 0 Å². The van der Waals surface area contributed by atoms with Crippen LogP contribution in [0.5, 0.6) is 11.5 Å². The van der Waals surface area contributed by atoms with Crippen LogP contribution in [0.15, 0.2) is 133 Å². The van der Waals surface area contributed by atoms with Crippen LogP contribution in [-0.4, -0.2) is 19.3 Å². The minimum Gasteiger partial charge on any atom is -0.508 e. The molecule has 0 aliphatic rings. The van der Waals surface area contributed by atoms with E-state index in [1.165, 1.54) is 0 Å². The first-order chi connectivity index (χ1) is 19.7. The van der Waals surface area contributed by atoms with E-state index >= 15 is 0 Å². The fourth-order valence-corrected chi connectivity index (χ4v) is 6.08. The summed E-state index contributed by atoms with van der Waals surface area (Å²) in [5.41, 5.74) is 8.40. The number of nitrogens with zero attached hydrogens (tertiary/aromatic N) is 2. The molecule has 0 radical (unpaired) electrons. The lowest BCUT2D eigenvalue weighted by Crippen LogP contribution is -1.94. The van der Waals surface area contributed by atoms with Gasteiger partial charge in [-0.15, -0.1) is 0 Å². The minimum absolute atomic E-state index is 0.248. The molecule has 40 heavy (non-hydrogen) atoms. The van der Waals surface area contributed by atoms with Gasteiger partial charge in [0, 0.05) is 45.1 Å². The smallest absolute Gasteiger partial charge is 0.117 e. The Morgan fingerprint density at radius 3 is 1.10 bits per heavy atom. The van der Waals surface area contributed by atoms with E-state index < -0.39 is 0 Å². The van der Waals surface area contributed by atoms with Crippen molar-refractivity contribution in [2.24, 2.45) is 0 Å². The minimum atomic E-state index is 0.248. The molecule has 2 heterocycles. The molecular weight excluding hydrogens is 492 g/mol. The maximum atomic E-state index is 10.3. The summed E-state index contributed by atoms with van der Waals surface area (Å²) >= 11 is 0. The quantitative estimate of drug-likeness (QED) is 0.246. The van der Waals surface area contributed by atoms with Gasteiger partial charge in [-0.25, -0.2) is 0 Å². The third kappa shape index (κ3) is 3.33. The molecule has 8 rings (SSSR count). The number of phenols is 2. The molecule has 8 aromatic rings. The van der Waals surface area contributed by atoms with Crippen LogP contribution in [-0.2, 0) is 0 Å². The van der Waals surface area contributed by atoms with Crippen molar-refractivity contribution in [1.82, 2.24) is 9.13 Å². The maximum absolute atomic E-state index is 10.3. The summed E-state index contributed by atoms with van der Waals surface area (Å²) in [5.74, 6) is 0.496. The largest absolute Gasteiger partial charge is 0.508 e. The van der Waals surface area contributed by atoms with Crippen molar-refractivity contribution in [3.8, 4) is 34.0 Å². The van der Waals surface area contributed by atoms with Crippen LogP contribution < -0.4 is 0 Å². The fraction of sp³-hybridized carbons (Fsp3) is 0. The van der Waals surface area contributed by atoms with Crippen molar-refractivity contribution < 1.29 is 10.2 Å². The van der Waals surface area contributed by atoms with Gasteiger partial charge in [-0.3, -0.25) is 0 Å². The molecule has 0 aliphatic carbocycles. The van der Waals surface area contributed by atoms with Gasteiger partial charge in [0.05, 0.1) is 22.1 Å². The summed E-state index contributed by atoms with van der Waals surface area (Å²) in [6.07, 6.45) is 0. The molecule has 0 spiro atoms. The first-order valence-electron chi connectivity index (χ1n) is 13.3. The Morgan fingerprint density at radius 2 is 0.700 bits per heavy atom. The second kappa shape index (κ2) is 8.52. The molecule has 0 atom stereocenters. The number of hydrogen-bond acceptors (Lipinski definition) is 2. The van der Waals surface area contributed by atoms with Crippen LogP contribution in [0, 0.1) is 0 Å². The molecule has 6 aromatic carbocycles. The zero-order valence-electron chi connectivity index (χ0n) is 21.5. The van der Waals surface area contributed by atoms with E-state index in [9.17, 15) is 10.2 Å². The van der Waals surface area contributed by atoms with Crippen molar-refractivity contribution in [3.63, 3.8) is 0 Å².